The Kier molecular flexibility index (Phi) is 3.01. The van der Waals surface area contributed by atoms with Crippen molar-refractivity contribution in [1.82, 2.24) is 10.1 Å². The molecule has 1 aromatic carbocycles. The molecule has 2 aromatic rings. The van der Waals surface area contributed by atoms with Crippen LogP contribution in [0, 0.1) is 0 Å². The van der Waals surface area contributed by atoms with Crippen molar-refractivity contribution in [3.63, 3.8) is 0 Å². The predicted octanol–water partition coefficient (Wildman–Crippen LogP) is 2.24. The van der Waals surface area contributed by atoms with E-state index in [-0.39, 0.29) is 11.8 Å². The van der Waals surface area contributed by atoms with Gasteiger partial charge in [0.05, 0.1) is 5.92 Å². The van der Waals surface area contributed by atoms with E-state index in [0.29, 0.717) is 43.7 Å². The van der Waals surface area contributed by atoms with E-state index in [0.717, 1.165) is 30.1 Å². The van der Waals surface area contributed by atoms with Gasteiger partial charge in [-0.3, -0.25) is 4.79 Å². The first kappa shape index (κ1) is 13.8. The number of carbonyl (C=O) groups excluding carboxylic acids is 1. The molecule has 7 nitrogen and oxygen atoms in total. The first-order valence-corrected chi connectivity index (χ1v) is 8.31. The third-order valence-electron chi connectivity index (χ3n) is 4.71. The summed E-state index contributed by atoms with van der Waals surface area (Å²) in [5, 5.41) is 4.05. The summed E-state index contributed by atoms with van der Waals surface area (Å²) in [5.74, 6) is 3.23. The van der Waals surface area contributed by atoms with Crippen LogP contribution in [0.15, 0.2) is 22.7 Å². The van der Waals surface area contributed by atoms with Crippen LogP contribution in [0.5, 0.6) is 11.5 Å². The first-order valence-electron chi connectivity index (χ1n) is 8.31. The molecule has 7 heteroatoms. The number of nitrogens with zero attached hydrogens (tertiary/aromatic N) is 3. The van der Waals surface area contributed by atoms with Crippen LogP contribution in [0.1, 0.15) is 42.8 Å². The zero-order valence-corrected chi connectivity index (χ0v) is 13.1. The summed E-state index contributed by atoms with van der Waals surface area (Å²) >= 11 is 0. The van der Waals surface area contributed by atoms with Gasteiger partial charge >= 0.3 is 0 Å². The van der Waals surface area contributed by atoms with Crippen molar-refractivity contribution < 1.29 is 18.8 Å². The maximum absolute atomic E-state index is 12.4. The van der Waals surface area contributed by atoms with E-state index in [2.05, 4.69) is 10.1 Å². The summed E-state index contributed by atoms with van der Waals surface area (Å²) in [4.78, 5) is 18.7. The lowest BCUT2D eigenvalue weighted by Gasteiger charge is -2.22. The standard InChI is InChI=1S/C17H17N3O4/c21-15-7-11(17-18-16(19-24-17)10-1-2-10)9-20(15)12-3-4-13-14(8-12)23-6-5-22-13/h3-4,8,10-11H,1-2,5-7,9H2. The summed E-state index contributed by atoms with van der Waals surface area (Å²) in [6.07, 6.45) is 2.65. The number of amides is 1. The summed E-state index contributed by atoms with van der Waals surface area (Å²) < 4.78 is 16.5. The number of benzene rings is 1. The topological polar surface area (TPSA) is 77.7 Å². The second-order valence-electron chi connectivity index (χ2n) is 6.50. The molecule has 1 atom stereocenters. The zero-order chi connectivity index (χ0) is 16.1. The van der Waals surface area contributed by atoms with Gasteiger partial charge in [-0.25, -0.2) is 0 Å². The van der Waals surface area contributed by atoms with E-state index in [1.165, 1.54) is 0 Å². The van der Waals surface area contributed by atoms with Gasteiger partial charge in [0.2, 0.25) is 11.8 Å². The molecular weight excluding hydrogens is 310 g/mol. The Balaban J connectivity index is 1.37. The fourth-order valence-corrected chi connectivity index (χ4v) is 3.24. The van der Waals surface area contributed by atoms with Gasteiger partial charge in [0, 0.05) is 30.6 Å². The number of ether oxygens (including phenoxy) is 2. The van der Waals surface area contributed by atoms with Gasteiger partial charge in [-0.05, 0) is 25.0 Å². The van der Waals surface area contributed by atoms with Gasteiger partial charge in [0.1, 0.15) is 13.2 Å². The zero-order valence-electron chi connectivity index (χ0n) is 13.1. The molecule has 2 aliphatic heterocycles. The largest absolute Gasteiger partial charge is 0.486 e. The first-order chi connectivity index (χ1) is 11.8. The molecule has 0 spiro atoms. The van der Waals surface area contributed by atoms with Crippen molar-refractivity contribution in [3.8, 4) is 11.5 Å². The molecule has 1 aliphatic carbocycles. The van der Waals surface area contributed by atoms with Crippen molar-refractivity contribution in [2.75, 3.05) is 24.7 Å². The van der Waals surface area contributed by atoms with Gasteiger partial charge in [0.25, 0.3) is 0 Å². The quantitative estimate of drug-likeness (QED) is 0.860. The minimum atomic E-state index is -0.0503. The monoisotopic (exact) mass is 327 g/mol. The lowest BCUT2D eigenvalue weighted by molar-refractivity contribution is -0.117. The third-order valence-corrected chi connectivity index (χ3v) is 4.71. The van der Waals surface area contributed by atoms with Crippen molar-refractivity contribution >= 4 is 11.6 Å². The van der Waals surface area contributed by atoms with E-state index >= 15 is 0 Å². The van der Waals surface area contributed by atoms with Gasteiger partial charge in [-0.2, -0.15) is 4.98 Å². The Bertz CT molecular complexity index is 799. The molecule has 124 valence electrons. The lowest BCUT2D eigenvalue weighted by Crippen LogP contribution is -2.24. The summed E-state index contributed by atoms with van der Waals surface area (Å²) in [7, 11) is 0. The van der Waals surface area contributed by atoms with Gasteiger partial charge in [-0.1, -0.05) is 5.16 Å². The van der Waals surface area contributed by atoms with Gasteiger partial charge in [0.15, 0.2) is 17.3 Å². The number of anilines is 1. The number of hydrogen-bond acceptors (Lipinski definition) is 6. The normalized spacial score (nSPS) is 22.9. The van der Waals surface area contributed by atoms with Crippen LogP contribution in [0.2, 0.25) is 0 Å². The molecule has 5 rings (SSSR count). The van der Waals surface area contributed by atoms with Crippen LogP contribution in [-0.4, -0.2) is 35.8 Å². The van der Waals surface area contributed by atoms with Gasteiger partial charge < -0.3 is 18.9 Å². The molecule has 1 saturated heterocycles. The van der Waals surface area contributed by atoms with Crippen molar-refractivity contribution in [2.24, 2.45) is 0 Å². The Hall–Kier alpha value is -2.57. The van der Waals surface area contributed by atoms with Crippen molar-refractivity contribution in [2.45, 2.75) is 31.1 Å². The second-order valence-corrected chi connectivity index (χ2v) is 6.50. The molecule has 1 unspecified atom stereocenters. The van der Waals surface area contributed by atoms with E-state index in [1.54, 1.807) is 4.90 Å². The van der Waals surface area contributed by atoms with E-state index < -0.39 is 0 Å². The number of rotatable bonds is 3. The van der Waals surface area contributed by atoms with Gasteiger partial charge in [-0.15, -0.1) is 0 Å². The minimum Gasteiger partial charge on any atom is -0.486 e. The molecule has 0 radical (unpaired) electrons. The number of aromatic nitrogens is 2. The fraction of sp³-hybridized carbons (Fsp3) is 0.471. The highest BCUT2D eigenvalue weighted by Gasteiger charge is 2.37. The van der Waals surface area contributed by atoms with Crippen LogP contribution in [0.25, 0.3) is 0 Å². The van der Waals surface area contributed by atoms with Crippen molar-refractivity contribution in [1.29, 1.82) is 0 Å². The van der Waals surface area contributed by atoms with E-state index in [4.69, 9.17) is 14.0 Å². The SMILES string of the molecule is O=C1CC(c2nc(C3CC3)no2)CN1c1ccc2c(c1)OCCO2. The Morgan fingerprint density at radius 3 is 2.75 bits per heavy atom. The lowest BCUT2D eigenvalue weighted by atomic mass is 10.1. The van der Waals surface area contributed by atoms with E-state index in [9.17, 15) is 4.79 Å². The highest BCUT2D eigenvalue weighted by atomic mass is 16.6. The fourth-order valence-electron chi connectivity index (χ4n) is 3.24. The number of carbonyl (C=O) groups is 1. The second kappa shape index (κ2) is 5.22. The van der Waals surface area contributed by atoms with Crippen LogP contribution in [0.3, 0.4) is 0 Å². The number of hydrogen-bond donors (Lipinski definition) is 0. The molecule has 0 N–H and O–H groups in total. The molecule has 2 fully saturated rings. The van der Waals surface area contributed by atoms with Crippen LogP contribution in [0.4, 0.5) is 5.69 Å². The smallest absolute Gasteiger partial charge is 0.232 e. The maximum Gasteiger partial charge on any atom is 0.232 e. The number of fused-ring (bicyclic) bond motifs is 1. The Morgan fingerprint density at radius 2 is 1.92 bits per heavy atom. The molecule has 1 saturated carbocycles. The Labute approximate surface area is 138 Å². The molecule has 1 aromatic heterocycles. The molecular formula is C17H17N3O4. The molecule has 3 aliphatic rings. The average molecular weight is 327 g/mol. The predicted molar refractivity (Wildman–Crippen MR) is 83.4 cm³/mol. The summed E-state index contributed by atoms with van der Waals surface area (Å²) in [5.41, 5.74) is 0.814. The average Bonchev–Trinajstić information content (AvgIpc) is 3.21. The highest BCUT2D eigenvalue weighted by Crippen LogP contribution is 2.40. The summed E-state index contributed by atoms with van der Waals surface area (Å²) in [6.45, 7) is 1.63. The Morgan fingerprint density at radius 1 is 1.08 bits per heavy atom. The van der Waals surface area contributed by atoms with Crippen molar-refractivity contribution in [3.05, 3.63) is 29.9 Å². The van der Waals surface area contributed by atoms with E-state index in [1.807, 2.05) is 18.2 Å². The summed E-state index contributed by atoms with van der Waals surface area (Å²) in [6, 6.07) is 5.60. The molecule has 0 bridgehead atoms. The molecule has 24 heavy (non-hydrogen) atoms. The minimum absolute atomic E-state index is 0.0503. The molecule has 1 amide bonds. The highest BCUT2D eigenvalue weighted by molar-refractivity contribution is 5.96. The molecule has 3 heterocycles. The van der Waals surface area contributed by atoms with Crippen LogP contribution >= 0.6 is 0 Å². The maximum atomic E-state index is 12.4. The van der Waals surface area contributed by atoms with Crippen LogP contribution < -0.4 is 14.4 Å². The van der Waals surface area contributed by atoms with Crippen LogP contribution in [-0.2, 0) is 4.79 Å². The third kappa shape index (κ3) is 2.31.